The van der Waals surface area contributed by atoms with Crippen LogP contribution in [-0.2, 0) is 6.54 Å². The average Bonchev–Trinajstić information content (AvgIpc) is 2.88. The number of nitro groups is 1. The van der Waals surface area contributed by atoms with Gasteiger partial charge in [-0.25, -0.2) is 0 Å². The largest absolute Gasteiger partial charge is 0.424 e. The standard InChI is InChI=1S/C14H12N4O3/c15-10-3-1-9(2-4-10)8-16-14-17-12-7-11(18(19)20)5-6-13(12)21-14/h1-7H,8,15H2,(H,16,17). The molecule has 0 radical (unpaired) electrons. The van der Waals surface area contributed by atoms with Gasteiger partial charge in [-0.05, 0) is 23.8 Å². The molecule has 7 heteroatoms. The maximum absolute atomic E-state index is 10.7. The van der Waals surface area contributed by atoms with Crippen molar-refractivity contribution in [1.29, 1.82) is 0 Å². The quantitative estimate of drug-likeness (QED) is 0.433. The number of aromatic nitrogens is 1. The number of nitro benzene ring substituents is 1. The monoisotopic (exact) mass is 284 g/mol. The van der Waals surface area contributed by atoms with E-state index >= 15 is 0 Å². The van der Waals surface area contributed by atoms with Crippen molar-refractivity contribution in [2.45, 2.75) is 6.54 Å². The summed E-state index contributed by atoms with van der Waals surface area (Å²) in [6, 6.07) is 12.0. The van der Waals surface area contributed by atoms with Gasteiger partial charge < -0.3 is 15.5 Å². The second-order valence-electron chi connectivity index (χ2n) is 4.52. The number of non-ortho nitro benzene ring substituents is 1. The van der Waals surface area contributed by atoms with E-state index in [9.17, 15) is 10.1 Å². The Labute approximate surface area is 119 Å². The highest BCUT2D eigenvalue weighted by Crippen LogP contribution is 2.23. The molecule has 0 fully saturated rings. The highest BCUT2D eigenvalue weighted by atomic mass is 16.6. The van der Waals surface area contributed by atoms with Gasteiger partial charge in [-0.3, -0.25) is 10.1 Å². The summed E-state index contributed by atoms with van der Waals surface area (Å²) in [5.41, 5.74) is 8.28. The van der Waals surface area contributed by atoms with Gasteiger partial charge in [0.25, 0.3) is 11.7 Å². The molecule has 0 bridgehead atoms. The molecule has 21 heavy (non-hydrogen) atoms. The lowest BCUT2D eigenvalue weighted by atomic mass is 10.2. The maximum atomic E-state index is 10.7. The zero-order chi connectivity index (χ0) is 14.8. The molecular formula is C14H12N4O3. The zero-order valence-electron chi connectivity index (χ0n) is 10.9. The summed E-state index contributed by atoms with van der Waals surface area (Å²) in [5, 5.41) is 13.7. The molecule has 1 heterocycles. The fourth-order valence-electron chi connectivity index (χ4n) is 1.92. The summed E-state index contributed by atoms with van der Waals surface area (Å²) in [4.78, 5) is 14.4. The number of oxazole rings is 1. The molecule has 0 atom stereocenters. The predicted octanol–water partition coefficient (Wildman–Crippen LogP) is 2.93. The van der Waals surface area contributed by atoms with Crippen molar-refractivity contribution in [2.24, 2.45) is 0 Å². The normalized spacial score (nSPS) is 10.7. The van der Waals surface area contributed by atoms with Crippen LogP contribution in [0.5, 0.6) is 0 Å². The molecule has 2 aromatic carbocycles. The number of hydrogen-bond acceptors (Lipinski definition) is 6. The van der Waals surface area contributed by atoms with E-state index in [4.69, 9.17) is 10.2 Å². The first-order valence-electron chi connectivity index (χ1n) is 6.25. The third kappa shape index (κ3) is 2.76. The number of anilines is 2. The highest BCUT2D eigenvalue weighted by molar-refractivity contribution is 5.77. The Morgan fingerprint density at radius 1 is 1.24 bits per heavy atom. The molecule has 0 aliphatic heterocycles. The maximum Gasteiger partial charge on any atom is 0.295 e. The van der Waals surface area contributed by atoms with E-state index in [0.717, 1.165) is 5.56 Å². The van der Waals surface area contributed by atoms with Gasteiger partial charge in [0.1, 0.15) is 5.52 Å². The lowest BCUT2D eigenvalue weighted by Gasteiger charge is -2.02. The molecule has 0 aliphatic rings. The molecule has 1 aromatic heterocycles. The van der Waals surface area contributed by atoms with E-state index in [-0.39, 0.29) is 5.69 Å². The fourth-order valence-corrected chi connectivity index (χ4v) is 1.92. The Morgan fingerprint density at radius 2 is 2.00 bits per heavy atom. The zero-order valence-corrected chi connectivity index (χ0v) is 10.9. The van der Waals surface area contributed by atoms with Crippen LogP contribution < -0.4 is 11.1 Å². The van der Waals surface area contributed by atoms with Gasteiger partial charge in [0.15, 0.2) is 5.58 Å². The second kappa shape index (κ2) is 5.12. The van der Waals surface area contributed by atoms with Crippen LogP contribution in [0.2, 0.25) is 0 Å². The minimum Gasteiger partial charge on any atom is -0.424 e. The first-order valence-corrected chi connectivity index (χ1v) is 6.25. The van der Waals surface area contributed by atoms with Crippen molar-refractivity contribution < 1.29 is 9.34 Å². The third-order valence-electron chi connectivity index (χ3n) is 3.01. The molecule has 0 saturated carbocycles. The van der Waals surface area contributed by atoms with Crippen LogP contribution in [0.4, 0.5) is 17.4 Å². The number of nitrogens with zero attached hydrogens (tertiary/aromatic N) is 2. The summed E-state index contributed by atoms with van der Waals surface area (Å²) in [6.45, 7) is 0.523. The molecule has 7 nitrogen and oxygen atoms in total. The Hall–Kier alpha value is -3.09. The van der Waals surface area contributed by atoms with E-state index in [1.165, 1.54) is 18.2 Å². The summed E-state index contributed by atoms with van der Waals surface area (Å²) in [5.74, 6) is 0. The Bertz CT molecular complexity index is 796. The van der Waals surface area contributed by atoms with Crippen LogP contribution in [-0.4, -0.2) is 9.91 Å². The van der Waals surface area contributed by atoms with Crippen LogP contribution >= 0.6 is 0 Å². The summed E-state index contributed by atoms with van der Waals surface area (Å²) in [6.07, 6.45) is 0. The van der Waals surface area contributed by atoms with Crippen LogP contribution in [0.15, 0.2) is 46.9 Å². The topological polar surface area (TPSA) is 107 Å². The number of benzene rings is 2. The van der Waals surface area contributed by atoms with Gasteiger partial charge in [0.05, 0.1) is 4.92 Å². The number of nitrogens with one attached hydrogen (secondary N) is 1. The molecular weight excluding hydrogens is 272 g/mol. The first kappa shape index (κ1) is 12.9. The van der Waals surface area contributed by atoms with Crippen molar-refractivity contribution in [3.05, 3.63) is 58.1 Å². The molecule has 3 aromatic rings. The van der Waals surface area contributed by atoms with E-state index in [0.29, 0.717) is 29.3 Å². The molecule has 3 rings (SSSR count). The van der Waals surface area contributed by atoms with Gasteiger partial charge in [-0.15, -0.1) is 0 Å². The molecule has 0 unspecified atom stereocenters. The van der Waals surface area contributed by atoms with Crippen molar-refractivity contribution in [3.8, 4) is 0 Å². The van der Waals surface area contributed by atoms with Gasteiger partial charge in [-0.2, -0.15) is 4.98 Å². The summed E-state index contributed by atoms with van der Waals surface area (Å²) < 4.78 is 5.48. The molecule has 0 saturated heterocycles. The van der Waals surface area contributed by atoms with Crippen molar-refractivity contribution in [1.82, 2.24) is 4.98 Å². The number of fused-ring (bicyclic) bond motifs is 1. The molecule has 106 valence electrons. The van der Waals surface area contributed by atoms with E-state index in [2.05, 4.69) is 10.3 Å². The first-order chi connectivity index (χ1) is 10.1. The molecule has 0 amide bonds. The Morgan fingerprint density at radius 3 is 2.71 bits per heavy atom. The molecule has 3 N–H and O–H groups in total. The smallest absolute Gasteiger partial charge is 0.295 e. The molecule has 0 spiro atoms. The van der Waals surface area contributed by atoms with Crippen molar-refractivity contribution in [2.75, 3.05) is 11.1 Å². The van der Waals surface area contributed by atoms with Crippen molar-refractivity contribution in [3.63, 3.8) is 0 Å². The van der Waals surface area contributed by atoms with Crippen LogP contribution in [0, 0.1) is 10.1 Å². The number of rotatable bonds is 4. The van der Waals surface area contributed by atoms with Crippen LogP contribution in [0.1, 0.15) is 5.56 Å². The van der Waals surface area contributed by atoms with Crippen LogP contribution in [0.3, 0.4) is 0 Å². The highest BCUT2D eigenvalue weighted by Gasteiger charge is 2.11. The minimum absolute atomic E-state index is 0.0131. The van der Waals surface area contributed by atoms with Gasteiger partial charge >= 0.3 is 0 Å². The van der Waals surface area contributed by atoms with Gasteiger partial charge in [0, 0.05) is 24.4 Å². The van der Waals surface area contributed by atoms with E-state index in [1.807, 2.05) is 24.3 Å². The average molecular weight is 284 g/mol. The number of nitrogen functional groups attached to an aromatic ring is 1. The minimum atomic E-state index is -0.463. The van der Waals surface area contributed by atoms with Gasteiger partial charge in [0.2, 0.25) is 0 Å². The second-order valence-corrected chi connectivity index (χ2v) is 4.52. The number of nitrogens with two attached hydrogens (primary N) is 1. The number of hydrogen-bond donors (Lipinski definition) is 2. The summed E-state index contributed by atoms with van der Waals surface area (Å²) >= 11 is 0. The van der Waals surface area contributed by atoms with Gasteiger partial charge in [-0.1, -0.05) is 12.1 Å². The van der Waals surface area contributed by atoms with Crippen LogP contribution in [0.25, 0.3) is 11.1 Å². The SMILES string of the molecule is Nc1ccc(CNc2nc3cc([N+](=O)[O-])ccc3o2)cc1. The Balaban J connectivity index is 1.78. The lowest BCUT2D eigenvalue weighted by molar-refractivity contribution is -0.384. The fraction of sp³-hybridized carbons (Fsp3) is 0.0714. The van der Waals surface area contributed by atoms with Crippen molar-refractivity contribution >= 4 is 28.5 Å². The third-order valence-corrected chi connectivity index (χ3v) is 3.01. The lowest BCUT2D eigenvalue weighted by Crippen LogP contribution is -1.99. The van der Waals surface area contributed by atoms with E-state index < -0.39 is 4.92 Å². The van der Waals surface area contributed by atoms with E-state index in [1.54, 1.807) is 0 Å². The predicted molar refractivity (Wildman–Crippen MR) is 78.8 cm³/mol. The summed E-state index contributed by atoms with van der Waals surface area (Å²) in [7, 11) is 0. The molecule has 0 aliphatic carbocycles. The Kier molecular flexibility index (Phi) is 3.15.